The normalized spacial score (nSPS) is 18.3. The fourth-order valence-corrected chi connectivity index (χ4v) is 3.25. The van der Waals surface area contributed by atoms with Gasteiger partial charge in [0.15, 0.2) is 0 Å². The third kappa shape index (κ3) is 5.61. The minimum absolute atomic E-state index is 0.263. The molecule has 5 heteroatoms. The molecular formula is C17H25BrN2O2. The molecule has 1 aromatic rings. The molecule has 1 heterocycles. The van der Waals surface area contributed by atoms with Crippen LogP contribution in [0.2, 0.25) is 0 Å². The van der Waals surface area contributed by atoms with Crippen LogP contribution in [-0.2, 0) is 4.79 Å². The first-order valence-electron chi connectivity index (χ1n) is 8.00. The van der Waals surface area contributed by atoms with Crippen molar-refractivity contribution in [2.24, 2.45) is 5.92 Å². The molecule has 22 heavy (non-hydrogen) atoms. The van der Waals surface area contributed by atoms with E-state index in [0.717, 1.165) is 42.7 Å². The van der Waals surface area contributed by atoms with Gasteiger partial charge in [0.2, 0.25) is 5.91 Å². The smallest absolute Gasteiger partial charge is 0.222 e. The second-order valence-electron chi connectivity index (χ2n) is 5.82. The summed E-state index contributed by atoms with van der Waals surface area (Å²) in [5.74, 6) is 1.70. The highest BCUT2D eigenvalue weighted by Gasteiger charge is 2.22. The molecule has 0 bridgehead atoms. The fourth-order valence-electron chi connectivity index (χ4n) is 2.88. The molecule has 1 saturated heterocycles. The molecule has 0 spiro atoms. The molecule has 0 radical (unpaired) electrons. The standard InChI is InChI=1S/C17H25BrN2O2/c1-19-12-14-5-3-9-20(13-14)17(21)8-4-10-22-16-7-2-6-15(18)11-16/h2,6-7,11,14,19H,3-5,8-10,12-13H2,1H3. The number of ether oxygens (including phenoxy) is 1. The van der Waals surface area contributed by atoms with Crippen molar-refractivity contribution >= 4 is 21.8 Å². The van der Waals surface area contributed by atoms with Crippen molar-refractivity contribution in [3.63, 3.8) is 0 Å². The summed E-state index contributed by atoms with van der Waals surface area (Å²) < 4.78 is 6.68. The number of hydrogen-bond donors (Lipinski definition) is 1. The highest BCUT2D eigenvalue weighted by atomic mass is 79.9. The average molecular weight is 369 g/mol. The van der Waals surface area contributed by atoms with Crippen LogP contribution >= 0.6 is 15.9 Å². The van der Waals surface area contributed by atoms with Gasteiger partial charge in [0, 0.05) is 24.0 Å². The molecule has 1 atom stereocenters. The topological polar surface area (TPSA) is 41.6 Å². The zero-order valence-electron chi connectivity index (χ0n) is 13.2. The number of nitrogens with one attached hydrogen (secondary N) is 1. The SMILES string of the molecule is CNCC1CCCN(C(=O)CCCOc2cccc(Br)c2)C1. The lowest BCUT2D eigenvalue weighted by Gasteiger charge is -2.32. The van der Waals surface area contributed by atoms with E-state index in [0.29, 0.717) is 18.9 Å². The molecule has 1 aromatic carbocycles. The van der Waals surface area contributed by atoms with Crippen molar-refractivity contribution < 1.29 is 9.53 Å². The Hall–Kier alpha value is -1.07. The molecule has 1 aliphatic heterocycles. The minimum atomic E-state index is 0.263. The van der Waals surface area contributed by atoms with Crippen LogP contribution in [0, 0.1) is 5.92 Å². The summed E-state index contributed by atoms with van der Waals surface area (Å²) in [5.41, 5.74) is 0. The van der Waals surface area contributed by atoms with Crippen molar-refractivity contribution in [3.05, 3.63) is 28.7 Å². The number of rotatable bonds is 7. The maximum absolute atomic E-state index is 12.3. The summed E-state index contributed by atoms with van der Waals surface area (Å²) in [6.07, 6.45) is 3.67. The van der Waals surface area contributed by atoms with Crippen molar-refractivity contribution in [1.82, 2.24) is 10.2 Å². The van der Waals surface area contributed by atoms with Crippen LogP contribution in [-0.4, -0.2) is 44.1 Å². The van der Waals surface area contributed by atoms with Gasteiger partial charge >= 0.3 is 0 Å². The van der Waals surface area contributed by atoms with Crippen LogP contribution in [0.4, 0.5) is 0 Å². The summed E-state index contributed by atoms with van der Waals surface area (Å²) in [4.78, 5) is 14.3. The predicted molar refractivity (Wildman–Crippen MR) is 92.1 cm³/mol. The van der Waals surface area contributed by atoms with Crippen molar-refractivity contribution in [2.75, 3.05) is 33.3 Å². The first-order valence-corrected chi connectivity index (χ1v) is 8.79. The number of amides is 1. The molecule has 2 rings (SSSR count). The number of hydrogen-bond acceptors (Lipinski definition) is 3. The molecular weight excluding hydrogens is 344 g/mol. The van der Waals surface area contributed by atoms with Crippen molar-refractivity contribution in [2.45, 2.75) is 25.7 Å². The highest BCUT2D eigenvalue weighted by Crippen LogP contribution is 2.19. The Bertz CT molecular complexity index is 479. The van der Waals surface area contributed by atoms with Crippen LogP contribution in [0.15, 0.2) is 28.7 Å². The summed E-state index contributed by atoms with van der Waals surface area (Å²) in [6, 6.07) is 7.78. The Morgan fingerprint density at radius 1 is 1.50 bits per heavy atom. The van der Waals surface area contributed by atoms with E-state index in [1.165, 1.54) is 6.42 Å². The number of piperidine rings is 1. The number of likely N-dealkylation sites (tertiary alicyclic amines) is 1. The summed E-state index contributed by atoms with van der Waals surface area (Å²) in [7, 11) is 1.97. The van der Waals surface area contributed by atoms with E-state index in [1.807, 2.05) is 36.2 Å². The molecule has 122 valence electrons. The fraction of sp³-hybridized carbons (Fsp3) is 0.588. The zero-order valence-corrected chi connectivity index (χ0v) is 14.8. The van der Waals surface area contributed by atoms with Gasteiger partial charge in [0.25, 0.3) is 0 Å². The lowest BCUT2D eigenvalue weighted by molar-refractivity contribution is -0.133. The first-order chi connectivity index (χ1) is 10.7. The van der Waals surface area contributed by atoms with Gasteiger partial charge < -0.3 is 15.0 Å². The molecule has 4 nitrogen and oxygen atoms in total. The van der Waals surface area contributed by atoms with E-state index in [9.17, 15) is 4.79 Å². The molecule has 1 unspecified atom stereocenters. The Balaban J connectivity index is 1.67. The number of nitrogens with zero attached hydrogens (tertiary/aromatic N) is 1. The predicted octanol–water partition coefficient (Wildman–Crippen LogP) is 3.07. The molecule has 1 aliphatic rings. The third-order valence-corrected chi connectivity index (χ3v) is 4.46. The summed E-state index contributed by atoms with van der Waals surface area (Å²) in [5, 5.41) is 3.21. The van der Waals surface area contributed by atoms with Crippen LogP contribution in [0.25, 0.3) is 0 Å². The van der Waals surface area contributed by atoms with Crippen molar-refractivity contribution in [3.8, 4) is 5.75 Å². The van der Waals surface area contributed by atoms with Gasteiger partial charge in [-0.1, -0.05) is 22.0 Å². The van der Waals surface area contributed by atoms with Gasteiger partial charge in [-0.3, -0.25) is 4.79 Å². The average Bonchev–Trinajstić information content (AvgIpc) is 2.52. The Labute approximate surface area is 141 Å². The van der Waals surface area contributed by atoms with Gasteiger partial charge in [-0.2, -0.15) is 0 Å². The number of halogens is 1. The second-order valence-corrected chi connectivity index (χ2v) is 6.73. The molecule has 0 saturated carbocycles. The van der Waals surface area contributed by atoms with Crippen LogP contribution in [0.3, 0.4) is 0 Å². The maximum atomic E-state index is 12.3. The quantitative estimate of drug-likeness (QED) is 0.752. The van der Waals surface area contributed by atoms with E-state index in [-0.39, 0.29) is 5.91 Å². The van der Waals surface area contributed by atoms with Gasteiger partial charge in [-0.25, -0.2) is 0 Å². The van der Waals surface area contributed by atoms with Gasteiger partial charge in [-0.05, 0) is 57.0 Å². The van der Waals surface area contributed by atoms with E-state index < -0.39 is 0 Å². The largest absolute Gasteiger partial charge is 0.494 e. The Morgan fingerprint density at radius 3 is 3.14 bits per heavy atom. The molecule has 1 amide bonds. The van der Waals surface area contributed by atoms with E-state index in [2.05, 4.69) is 21.2 Å². The molecule has 0 aliphatic carbocycles. The lowest BCUT2D eigenvalue weighted by atomic mass is 9.97. The molecule has 1 fully saturated rings. The zero-order chi connectivity index (χ0) is 15.8. The number of carbonyl (C=O) groups is 1. The molecule has 1 N–H and O–H groups in total. The summed E-state index contributed by atoms with van der Waals surface area (Å²) in [6.45, 7) is 3.38. The summed E-state index contributed by atoms with van der Waals surface area (Å²) >= 11 is 3.42. The lowest BCUT2D eigenvalue weighted by Crippen LogP contribution is -2.42. The monoisotopic (exact) mass is 368 g/mol. The molecule has 0 aromatic heterocycles. The first kappa shape index (κ1) is 17.3. The minimum Gasteiger partial charge on any atom is -0.494 e. The van der Waals surface area contributed by atoms with Gasteiger partial charge in [0.05, 0.1) is 6.61 Å². The number of carbonyl (C=O) groups excluding carboxylic acids is 1. The second kappa shape index (κ2) is 9.16. The van der Waals surface area contributed by atoms with Gasteiger partial charge in [-0.15, -0.1) is 0 Å². The van der Waals surface area contributed by atoms with Crippen LogP contribution in [0.5, 0.6) is 5.75 Å². The Morgan fingerprint density at radius 2 is 2.36 bits per heavy atom. The van der Waals surface area contributed by atoms with Gasteiger partial charge in [0.1, 0.15) is 5.75 Å². The van der Waals surface area contributed by atoms with E-state index in [1.54, 1.807) is 0 Å². The van der Waals surface area contributed by atoms with Crippen LogP contribution < -0.4 is 10.1 Å². The number of benzene rings is 1. The van der Waals surface area contributed by atoms with E-state index in [4.69, 9.17) is 4.74 Å². The maximum Gasteiger partial charge on any atom is 0.222 e. The highest BCUT2D eigenvalue weighted by molar-refractivity contribution is 9.10. The van der Waals surface area contributed by atoms with Crippen LogP contribution in [0.1, 0.15) is 25.7 Å². The third-order valence-electron chi connectivity index (χ3n) is 3.96. The van der Waals surface area contributed by atoms with E-state index >= 15 is 0 Å². The van der Waals surface area contributed by atoms with Crippen molar-refractivity contribution in [1.29, 1.82) is 0 Å². The Kier molecular flexibility index (Phi) is 7.19.